The van der Waals surface area contributed by atoms with Crippen molar-refractivity contribution in [3.8, 4) is 6.07 Å². The van der Waals surface area contributed by atoms with E-state index in [1.807, 2.05) is 6.20 Å². The van der Waals surface area contributed by atoms with Crippen molar-refractivity contribution in [2.75, 3.05) is 0 Å². The average Bonchev–Trinajstić information content (AvgIpc) is 2.88. The maximum atomic E-state index is 9.24. The molecule has 0 bridgehead atoms. The smallest absolute Gasteiger partial charge is 0.0767 e. The normalized spacial score (nSPS) is 23.5. The van der Waals surface area contributed by atoms with E-state index in [1.165, 1.54) is 37.7 Å². The Bertz CT molecular complexity index is 507. The Labute approximate surface area is 122 Å². The molecular weight excluding hydrogens is 246 g/mol. The van der Waals surface area contributed by atoms with Crippen LogP contribution in [0.25, 0.3) is 0 Å². The summed E-state index contributed by atoms with van der Waals surface area (Å²) in [5.74, 6) is 0.506. The summed E-state index contributed by atoms with van der Waals surface area (Å²) < 4.78 is 2.12. The predicted molar refractivity (Wildman–Crippen MR) is 79.3 cm³/mol. The van der Waals surface area contributed by atoms with Crippen molar-refractivity contribution >= 4 is 0 Å². The lowest BCUT2D eigenvalue weighted by atomic mass is 9.51. The second-order valence-corrected chi connectivity index (χ2v) is 7.35. The Kier molecular flexibility index (Phi) is 3.36. The van der Waals surface area contributed by atoms with Gasteiger partial charge in [-0.3, -0.25) is 4.68 Å². The molecule has 20 heavy (non-hydrogen) atoms. The van der Waals surface area contributed by atoms with Gasteiger partial charge < -0.3 is 0 Å². The SMILES string of the molecule is CC(C)c1cnn(C2(CC#N)CC3(CCCCC3)C2)c1. The quantitative estimate of drug-likeness (QED) is 0.819. The average molecular weight is 271 g/mol. The van der Waals surface area contributed by atoms with Crippen LogP contribution < -0.4 is 0 Å². The van der Waals surface area contributed by atoms with E-state index in [0.29, 0.717) is 17.8 Å². The van der Waals surface area contributed by atoms with E-state index in [9.17, 15) is 5.26 Å². The molecule has 3 heteroatoms. The molecule has 2 saturated carbocycles. The first-order valence-corrected chi connectivity index (χ1v) is 8.01. The van der Waals surface area contributed by atoms with E-state index >= 15 is 0 Å². The molecule has 3 rings (SSSR count). The van der Waals surface area contributed by atoms with Crippen LogP contribution in [-0.2, 0) is 5.54 Å². The summed E-state index contributed by atoms with van der Waals surface area (Å²) in [6.07, 6.45) is 13.9. The van der Waals surface area contributed by atoms with Crippen LogP contribution in [0.15, 0.2) is 12.4 Å². The first-order chi connectivity index (χ1) is 9.59. The summed E-state index contributed by atoms with van der Waals surface area (Å²) in [5, 5.41) is 13.8. The topological polar surface area (TPSA) is 41.6 Å². The molecule has 0 aromatic carbocycles. The van der Waals surface area contributed by atoms with E-state index in [4.69, 9.17) is 0 Å². The summed E-state index contributed by atoms with van der Waals surface area (Å²) >= 11 is 0. The highest BCUT2D eigenvalue weighted by atomic mass is 15.3. The highest BCUT2D eigenvalue weighted by molar-refractivity contribution is 5.16. The molecule has 1 spiro atoms. The van der Waals surface area contributed by atoms with Gasteiger partial charge in [0.15, 0.2) is 0 Å². The van der Waals surface area contributed by atoms with Crippen LogP contribution in [0.5, 0.6) is 0 Å². The monoisotopic (exact) mass is 271 g/mol. The second kappa shape index (κ2) is 4.91. The fourth-order valence-electron chi connectivity index (χ4n) is 4.41. The Hall–Kier alpha value is -1.30. The van der Waals surface area contributed by atoms with Crippen molar-refractivity contribution in [1.82, 2.24) is 9.78 Å². The highest BCUT2D eigenvalue weighted by Crippen LogP contribution is 2.61. The number of hydrogen-bond donors (Lipinski definition) is 0. The van der Waals surface area contributed by atoms with Gasteiger partial charge in [0, 0.05) is 6.20 Å². The summed E-state index contributed by atoms with van der Waals surface area (Å²) in [5.41, 5.74) is 1.80. The molecule has 0 radical (unpaired) electrons. The summed E-state index contributed by atoms with van der Waals surface area (Å²) in [6.45, 7) is 4.39. The van der Waals surface area contributed by atoms with Crippen LogP contribution in [0.1, 0.15) is 76.7 Å². The van der Waals surface area contributed by atoms with E-state index in [0.717, 1.165) is 12.8 Å². The first-order valence-electron chi connectivity index (χ1n) is 8.01. The lowest BCUT2D eigenvalue weighted by Crippen LogP contribution is -2.54. The molecule has 108 valence electrons. The number of rotatable bonds is 3. The molecule has 1 aromatic heterocycles. The van der Waals surface area contributed by atoms with Gasteiger partial charge in [-0.15, -0.1) is 0 Å². The molecule has 0 atom stereocenters. The zero-order valence-electron chi connectivity index (χ0n) is 12.7. The molecule has 3 nitrogen and oxygen atoms in total. The van der Waals surface area contributed by atoms with E-state index in [-0.39, 0.29) is 5.54 Å². The minimum absolute atomic E-state index is 0.0147. The van der Waals surface area contributed by atoms with Gasteiger partial charge in [0.1, 0.15) is 0 Å². The number of aromatic nitrogens is 2. The van der Waals surface area contributed by atoms with Crippen LogP contribution in [0, 0.1) is 16.7 Å². The third-order valence-corrected chi connectivity index (χ3v) is 5.49. The van der Waals surface area contributed by atoms with E-state index in [2.05, 4.69) is 35.9 Å². The molecule has 1 aromatic rings. The van der Waals surface area contributed by atoms with Gasteiger partial charge in [0.2, 0.25) is 0 Å². The van der Waals surface area contributed by atoms with Gasteiger partial charge in [-0.2, -0.15) is 10.4 Å². The van der Waals surface area contributed by atoms with Crippen molar-refractivity contribution in [1.29, 1.82) is 5.26 Å². The Morgan fingerprint density at radius 3 is 2.55 bits per heavy atom. The van der Waals surface area contributed by atoms with Gasteiger partial charge in [-0.1, -0.05) is 33.1 Å². The van der Waals surface area contributed by atoms with Crippen LogP contribution >= 0.6 is 0 Å². The maximum absolute atomic E-state index is 9.24. The van der Waals surface area contributed by atoms with Crippen molar-refractivity contribution in [2.45, 2.75) is 76.7 Å². The largest absolute Gasteiger partial charge is 0.265 e. The molecule has 0 aliphatic heterocycles. The van der Waals surface area contributed by atoms with Gasteiger partial charge in [0.05, 0.1) is 24.2 Å². The molecule has 1 heterocycles. The summed E-state index contributed by atoms with van der Waals surface area (Å²) in [7, 11) is 0. The molecule has 2 fully saturated rings. The van der Waals surface area contributed by atoms with Crippen molar-refractivity contribution < 1.29 is 0 Å². The van der Waals surface area contributed by atoms with Crippen molar-refractivity contribution in [3.05, 3.63) is 18.0 Å². The molecule has 0 amide bonds. The fraction of sp³-hybridized carbons (Fsp3) is 0.765. The number of nitriles is 1. The maximum Gasteiger partial charge on any atom is 0.0767 e. The third-order valence-electron chi connectivity index (χ3n) is 5.49. The third kappa shape index (κ3) is 2.16. The summed E-state index contributed by atoms with van der Waals surface area (Å²) in [6, 6.07) is 2.41. The van der Waals surface area contributed by atoms with Gasteiger partial charge >= 0.3 is 0 Å². The molecular formula is C17H25N3. The first kappa shape index (κ1) is 13.7. The minimum Gasteiger partial charge on any atom is -0.265 e. The Balaban J connectivity index is 1.81. The Morgan fingerprint density at radius 1 is 1.30 bits per heavy atom. The lowest BCUT2D eigenvalue weighted by Gasteiger charge is -2.57. The second-order valence-electron chi connectivity index (χ2n) is 7.35. The lowest BCUT2D eigenvalue weighted by molar-refractivity contribution is -0.0599. The van der Waals surface area contributed by atoms with Crippen LogP contribution in [0.3, 0.4) is 0 Å². The highest BCUT2D eigenvalue weighted by Gasteiger charge is 2.55. The van der Waals surface area contributed by atoms with Crippen LogP contribution in [0.2, 0.25) is 0 Å². The van der Waals surface area contributed by atoms with Gasteiger partial charge in [0.25, 0.3) is 0 Å². The molecule has 2 aliphatic rings. The van der Waals surface area contributed by atoms with Crippen LogP contribution in [-0.4, -0.2) is 9.78 Å². The molecule has 0 saturated heterocycles. The van der Waals surface area contributed by atoms with Crippen molar-refractivity contribution in [3.63, 3.8) is 0 Å². The van der Waals surface area contributed by atoms with E-state index in [1.54, 1.807) is 0 Å². The number of nitrogens with zero attached hydrogens (tertiary/aromatic N) is 3. The zero-order chi connectivity index (χ0) is 14.2. The molecule has 2 aliphatic carbocycles. The fourth-order valence-corrected chi connectivity index (χ4v) is 4.41. The Morgan fingerprint density at radius 2 is 2.00 bits per heavy atom. The van der Waals surface area contributed by atoms with Crippen molar-refractivity contribution in [2.24, 2.45) is 5.41 Å². The molecule has 0 unspecified atom stereocenters. The van der Waals surface area contributed by atoms with Gasteiger partial charge in [-0.05, 0) is 42.6 Å². The van der Waals surface area contributed by atoms with Gasteiger partial charge in [-0.25, -0.2) is 0 Å². The zero-order valence-corrected chi connectivity index (χ0v) is 12.7. The predicted octanol–water partition coefficient (Wildman–Crippen LogP) is 4.36. The molecule has 0 N–H and O–H groups in total. The van der Waals surface area contributed by atoms with Crippen LogP contribution in [0.4, 0.5) is 0 Å². The summed E-state index contributed by atoms with van der Waals surface area (Å²) in [4.78, 5) is 0. The number of hydrogen-bond acceptors (Lipinski definition) is 2. The minimum atomic E-state index is -0.0147. The standard InChI is InChI=1S/C17H25N3/c1-14(2)15-10-19-20(11-15)17(8-9-18)12-16(13-17)6-4-3-5-7-16/h10-11,14H,3-8,12-13H2,1-2H3. The van der Waals surface area contributed by atoms with E-state index < -0.39 is 0 Å².